The van der Waals surface area contributed by atoms with Gasteiger partial charge in [0.25, 0.3) is 0 Å². The van der Waals surface area contributed by atoms with Crippen LogP contribution < -0.4 is 5.32 Å². The number of likely N-dealkylation sites (tertiary alicyclic amines) is 2. The fraction of sp³-hybridized carbons (Fsp3) is 1.00. The normalized spacial score (nSPS) is 40.9. The molecule has 3 nitrogen and oxygen atoms in total. The lowest BCUT2D eigenvalue weighted by Crippen LogP contribution is -2.49. The number of rotatable bonds is 3. The minimum Gasteiger partial charge on any atom is -0.310 e. The quantitative estimate of drug-likeness (QED) is 0.798. The van der Waals surface area contributed by atoms with Crippen molar-refractivity contribution in [3.05, 3.63) is 0 Å². The summed E-state index contributed by atoms with van der Waals surface area (Å²) in [6.07, 6.45) is 6.95. The Morgan fingerprint density at radius 3 is 2.47 bits per heavy atom. The Morgan fingerprint density at radius 2 is 1.76 bits per heavy atom. The van der Waals surface area contributed by atoms with Gasteiger partial charge in [-0.05, 0) is 52.6 Å². The van der Waals surface area contributed by atoms with Gasteiger partial charge in [0.15, 0.2) is 0 Å². The van der Waals surface area contributed by atoms with Crippen LogP contribution >= 0.6 is 0 Å². The van der Waals surface area contributed by atoms with Gasteiger partial charge < -0.3 is 10.2 Å². The Bertz CT molecular complexity index is 264. The molecular weight excluding hydrogens is 210 g/mol. The fourth-order valence-corrected chi connectivity index (χ4v) is 3.47. The van der Waals surface area contributed by atoms with Crippen molar-refractivity contribution in [2.75, 3.05) is 26.7 Å². The van der Waals surface area contributed by atoms with Crippen LogP contribution in [0.25, 0.3) is 0 Å². The molecule has 0 aromatic heterocycles. The molecule has 1 N–H and O–H groups in total. The highest BCUT2D eigenvalue weighted by atomic mass is 15.2. The van der Waals surface area contributed by atoms with E-state index >= 15 is 0 Å². The van der Waals surface area contributed by atoms with Crippen molar-refractivity contribution >= 4 is 0 Å². The molecule has 2 aliphatic heterocycles. The molecule has 2 heterocycles. The molecule has 0 aromatic carbocycles. The second kappa shape index (κ2) is 4.87. The van der Waals surface area contributed by atoms with Crippen LogP contribution in [0.3, 0.4) is 0 Å². The zero-order chi connectivity index (χ0) is 11.8. The number of hydrogen-bond acceptors (Lipinski definition) is 3. The molecule has 2 saturated heterocycles. The van der Waals surface area contributed by atoms with Crippen LogP contribution in [0.4, 0.5) is 0 Å². The predicted molar refractivity (Wildman–Crippen MR) is 71.2 cm³/mol. The van der Waals surface area contributed by atoms with Crippen molar-refractivity contribution in [2.45, 2.75) is 63.2 Å². The van der Waals surface area contributed by atoms with Crippen molar-refractivity contribution in [3.63, 3.8) is 0 Å². The lowest BCUT2D eigenvalue weighted by Gasteiger charge is -2.36. The summed E-state index contributed by atoms with van der Waals surface area (Å²) in [6, 6.07) is 3.25. The van der Waals surface area contributed by atoms with Gasteiger partial charge in [0.05, 0.1) is 0 Å². The second-order valence-electron chi connectivity index (χ2n) is 6.43. The Labute approximate surface area is 106 Å². The summed E-state index contributed by atoms with van der Waals surface area (Å²) in [5.74, 6) is 0. The molecule has 3 rings (SSSR count). The summed E-state index contributed by atoms with van der Waals surface area (Å²) in [7, 11) is 2.26. The van der Waals surface area contributed by atoms with E-state index < -0.39 is 0 Å². The van der Waals surface area contributed by atoms with Crippen molar-refractivity contribution in [1.82, 2.24) is 15.1 Å². The molecule has 1 saturated carbocycles. The van der Waals surface area contributed by atoms with Crippen molar-refractivity contribution in [1.29, 1.82) is 0 Å². The van der Waals surface area contributed by atoms with Crippen LogP contribution in [0.5, 0.6) is 0 Å². The smallest absolute Gasteiger partial charge is 0.0209 e. The molecule has 0 aromatic rings. The Morgan fingerprint density at radius 1 is 1.00 bits per heavy atom. The summed E-state index contributed by atoms with van der Waals surface area (Å²) in [4.78, 5) is 5.19. The molecule has 0 radical (unpaired) electrons. The van der Waals surface area contributed by atoms with Gasteiger partial charge in [-0.1, -0.05) is 0 Å². The monoisotopic (exact) mass is 237 g/mol. The molecule has 0 bridgehead atoms. The van der Waals surface area contributed by atoms with E-state index in [-0.39, 0.29) is 0 Å². The third-order valence-corrected chi connectivity index (χ3v) is 4.96. The Hall–Kier alpha value is -0.120. The maximum Gasteiger partial charge on any atom is 0.0209 e. The summed E-state index contributed by atoms with van der Waals surface area (Å²) < 4.78 is 0. The van der Waals surface area contributed by atoms with Crippen LogP contribution in [0.15, 0.2) is 0 Å². The highest BCUT2D eigenvalue weighted by Crippen LogP contribution is 2.30. The van der Waals surface area contributed by atoms with Gasteiger partial charge in [0.2, 0.25) is 0 Å². The maximum absolute atomic E-state index is 3.91. The molecule has 3 atom stereocenters. The lowest BCUT2D eigenvalue weighted by molar-refractivity contribution is 0.162. The van der Waals surface area contributed by atoms with Crippen LogP contribution in [0.1, 0.15) is 39.0 Å². The van der Waals surface area contributed by atoms with Crippen molar-refractivity contribution < 1.29 is 0 Å². The molecule has 3 unspecified atom stereocenters. The first-order valence-corrected chi connectivity index (χ1v) is 7.42. The molecule has 0 amide bonds. The van der Waals surface area contributed by atoms with Gasteiger partial charge >= 0.3 is 0 Å². The van der Waals surface area contributed by atoms with Crippen LogP contribution in [-0.2, 0) is 0 Å². The van der Waals surface area contributed by atoms with Crippen molar-refractivity contribution in [2.24, 2.45) is 0 Å². The third kappa shape index (κ3) is 2.83. The molecule has 3 aliphatic rings. The van der Waals surface area contributed by atoms with Gasteiger partial charge in [-0.2, -0.15) is 0 Å². The Kier molecular flexibility index (Phi) is 3.42. The Balaban J connectivity index is 1.44. The summed E-state index contributed by atoms with van der Waals surface area (Å²) in [5, 5.41) is 3.91. The van der Waals surface area contributed by atoms with E-state index in [0.29, 0.717) is 0 Å². The van der Waals surface area contributed by atoms with E-state index in [4.69, 9.17) is 0 Å². The molecule has 98 valence electrons. The SMILES string of the molecule is CC1CC(NC2CCN(C3CC3)C2)CCN1C. The minimum absolute atomic E-state index is 0.752. The van der Waals surface area contributed by atoms with E-state index in [0.717, 1.165) is 24.2 Å². The largest absolute Gasteiger partial charge is 0.310 e. The molecular formula is C14H27N3. The molecule has 3 fully saturated rings. The summed E-state index contributed by atoms with van der Waals surface area (Å²) >= 11 is 0. The first kappa shape index (κ1) is 11.9. The van der Waals surface area contributed by atoms with Crippen molar-refractivity contribution in [3.8, 4) is 0 Å². The first-order chi connectivity index (χ1) is 8.22. The second-order valence-corrected chi connectivity index (χ2v) is 6.43. The van der Waals surface area contributed by atoms with Gasteiger partial charge in [-0.15, -0.1) is 0 Å². The average molecular weight is 237 g/mol. The van der Waals surface area contributed by atoms with E-state index in [1.54, 1.807) is 0 Å². The number of nitrogens with zero attached hydrogens (tertiary/aromatic N) is 2. The van der Waals surface area contributed by atoms with Crippen LogP contribution in [-0.4, -0.2) is 60.6 Å². The maximum atomic E-state index is 3.91. The molecule has 17 heavy (non-hydrogen) atoms. The van der Waals surface area contributed by atoms with Gasteiger partial charge in [-0.25, -0.2) is 0 Å². The van der Waals surface area contributed by atoms with E-state index in [1.165, 1.54) is 51.7 Å². The molecule has 3 heteroatoms. The zero-order valence-electron chi connectivity index (χ0n) is 11.4. The number of piperidine rings is 1. The van der Waals surface area contributed by atoms with E-state index in [2.05, 4.69) is 29.1 Å². The van der Waals surface area contributed by atoms with E-state index in [9.17, 15) is 0 Å². The standard InChI is InChI=1S/C14H27N3/c1-11-9-12(5-7-16(11)2)15-13-6-8-17(10-13)14-3-4-14/h11-15H,3-10H2,1-2H3. The lowest BCUT2D eigenvalue weighted by atomic mass is 9.98. The highest BCUT2D eigenvalue weighted by molar-refractivity contribution is 4.93. The summed E-state index contributed by atoms with van der Waals surface area (Å²) in [5.41, 5.74) is 0. The zero-order valence-corrected chi connectivity index (χ0v) is 11.4. The molecule has 0 spiro atoms. The third-order valence-electron chi connectivity index (χ3n) is 4.96. The topological polar surface area (TPSA) is 18.5 Å². The summed E-state index contributed by atoms with van der Waals surface area (Å²) in [6.45, 7) is 6.27. The first-order valence-electron chi connectivity index (χ1n) is 7.42. The fourth-order valence-electron chi connectivity index (χ4n) is 3.47. The average Bonchev–Trinajstić information content (AvgIpc) is 3.06. The van der Waals surface area contributed by atoms with Gasteiger partial charge in [0.1, 0.15) is 0 Å². The van der Waals surface area contributed by atoms with Crippen LogP contribution in [0, 0.1) is 0 Å². The minimum atomic E-state index is 0.752. The van der Waals surface area contributed by atoms with Gasteiger partial charge in [-0.3, -0.25) is 4.90 Å². The predicted octanol–water partition coefficient (Wildman–Crippen LogP) is 1.30. The highest BCUT2D eigenvalue weighted by Gasteiger charge is 2.35. The van der Waals surface area contributed by atoms with Gasteiger partial charge in [0, 0.05) is 37.3 Å². The van der Waals surface area contributed by atoms with E-state index in [1.807, 2.05) is 0 Å². The number of nitrogens with one attached hydrogen (secondary N) is 1. The van der Waals surface area contributed by atoms with Crippen LogP contribution in [0.2, 0.25) is 0 Å². The molecule has 1 aliphatic carbocycles. The number of hydrogen-bond donors (Lipinski definition) is 1.